The van der Waals surface area contributed by atoms with E-state index in [-0.39, 0.29) is 0 Å². The number of amides is 2. The van der Waals surface area contributed by atoms with E-state index in [4.69, 9.17) is 10.5 Å². The Balaban J connectivity index is 3.00. The Morgan fingerprint density at radius 2 is 1.89 bits per heavy atom. The minimum absolute atomic E-state index is 0.413. The van der Waals surface area contributed by atoms with Crippen molar-refractivity contribution < 1.29 is 14.3 Å². The van der Waals surface area contributed by atoms with Gasteiger partial charge in [-0.05, 0) is 45.4 Å². The molecule has 5 heteroatoms. The molecule has 1 aromatic rings. The van der Waals surface area contributed by atoms with E-state index in [1.807, 2.05) is 0 Å². The van der Waals surface area contributed by atoms with Crippen LogP contribution in [0.3, 0.4) is 0 Å². The van der Waals surface area contributed by atoms with Gasteiger partial charge in [0.1, 0.15) is 5.60 Å². The quantitative estimate of drug-likeness (QED) is 0.791. The van der Waals surface area contributed by atoms with E-state index in [0.717, 1.165) is 5.56 Å². The fourth-order valence-electron chi connectivity index (χ4n) is 1.40. The van der Waals surface area contributed by atoms with Crippen molar-refractivity contribution in [1.29, 1.82) is 0 Å². The number of aryl methyl sites for hydroxylation is 1. The first-order valence-electron chi connectivity index (χ1n) is 5.59. The molecule has 0 unspecified atom stereocenters. The molecular formula is C13H18N2O3. The van der Waals surface area contributed by atoms with E-state index in [1.165, 1.54) is 0 Å². The number of urea groups is 1. The summed E-state index contributed by atoms with van der Waals surface area (Å²) in [5, 5.41) is 2.42. The molecule has 0 aliphatic carbocycles. The van der Waals surface area contributed by atoms with Gasteiger partial charge >= 0.3 is 12.0 Å². The van der Waals surface area contributed by atoms with Crippen LogP contribution in [0.2, 0.25) is 0 Å². The zero-order valence-corrected chi connectivity index (χ0v) is 11.0. The first kappa shape index (κ1) is 14.0. The van der Waals surface area contributed by atoms with Gasteiger partial charge in [-0.15, -0.1) is 0 Å². The number of primary amides is 1. The fraction of sp³-hybridized carbons (Fsp3) is 0.385. The van der Waals surface area contributed by atoms with Crippen molar-refractivity contribution >= 4 is 17.7 Å². The predicted octanol–water partition coefficient (Wildman–Crippen LogP) is 2.44. The number of nitrogens with two attached hydrogens (primary N) is 1. The number of carbonyl (C=O) groups is 2. The van der Waals surface area contributed by atoms with Crippen molar-refractivity contribution in [1.82, 2.24) is 0 Å². The van der Waals surface area contributed by atoms with Crippen LogP contribution in [0.1, 0.15) is 36.7 Å². The number of esters is 1. The third-order valence-electron chi connectivity index (χ3n) is 2.12. The molecule has 0 aliphatic heterocycles. The summed E-state index contributed by atoms with van der Waals surface area (Å²) in [6.07, 6.45) is 0. The lowest BCUT2D eigenvalue weighted by Crippen LogP contribution is -2.24. The van der Waals surface area contributed by atoms with Crippen LogP contribution in [0.15, 0.2) is 18.2 Å². The second-order valence-electron chi connectivity index (χ2n) is 5.02. The first-order valence-corrected chi connectivity index (χ1v) is 5.59. The van der Waals surface area contributed by atoms with Crippen LogP contribution in [0, 0.1) is 6.92 Å². The number of hydrogen-bond acceptors (Lipinski definition) is 3. The number of anilines is 1. The van der Waals surface area contributed by atoms with E-state index in [1.54, 1.807) is 45.9 Å². The van der Waals surface area contributed by atoms with Gasteiger partial charge in [0.15, 0.2) is 0 Å². The van der Waals surface area contributed by atoms with Gasteiger partial charge in [-0.3, -0.25) is 0 Å². The lowest BCUT2D eigenvalue weighted by Gasteiger charge is -2.20. The van der Waals surface area contributed by atoms with E-state index >= 15 is 0 Å². The average Bonchev–Trinajstić information content (AvgIpc) is 2.17. The van der Waals surface area contributed by atoms with E-state index < -0.39 is 17.6 Å². The maximum Gasteiger partial charge on any atom is 0.338 e. The van der Waals surface area contributed by atoms with Crippen LogP contribution < -0.4 is 11.1 Å². The number of rotatable bonds is 2. The van der Waals surface area contributed by atoms with E-state index in [9.17, 15) is 9.59 Å². The largest absolute Gasteiger partial charge is 0.456 e. The number of benzene rings is 1. The van der Waals surface area contributed by atoms with Crippen LogP contribution in [-0.4, -0.2) is 17.6 Å². The van der Waals surface area contributed by atoms with Crippen molar-refractivity contribution in [2.24, 2.45) is 5.73 Å². The Morgan fingerprint density at radius 1 is 1.28 bits per heavy atom. The molecule has 1 rings (SSSR count). The molecule has 98 valence electrons. The summed E-state index contributed by atoms with van der Waals surface area (Å²) in [5.74, 6) is -0.423. The summed E-state index contributed by atoms with van der Waals surface area (Å²) in [6, 6.07) is 4.28. The summed E-state index contributed by atoms with van der Waals surface area (Å²) < 4.78 is 5.28. The molecule has 0 bridgehead atoms. The molecular weight excluding hydrogens is 232 g/mol. The van der Waals surface area contributed by atoms with Crippen molar-refractivity contribution in [3.05, 3.63) is 29.3 Å². The summed E-state index contributed by atoms with van der Waals surface area (Å²) in [7, 11) is 0. The van der Waals surface area contributed by atoms with Gasteiger partial charge in [-0.2, -0.15) is 0 Å². The average molecular weight is 250 g/mol. The van der Waals surface area contributed by atoms with Crippen molar-refractivity contribution in [2.75, 3.05) is 5.32 Å². The standard InChI is InChI=1S/C13H18N2O3/c1-8-5-6-9(15-12(14)17)7-10(8)11(16)18-13(2,3)4/h5-7H,1-4H3,(H3,14,15,17). The summed E-state index contributed by atoms with van der Waals surface area (Å²) in [4.78, 5) is 22.7. The lowest BCUT2D eigenvalue weighted by atomic mass is 10.1. The maximum atomic E-state index is 12.0. The molecule has 0 radical (unpaired) electrons. The SMILES string of the molecule is Cc1ccc(NC(N)=O)cc1C(=O)OC(C)(C)C. The summed E-state index contributed by atoms with van der Waals surface area (Å²) >= 11 is 0. The molecule has 0 aromatic heterocycles. The fourth-order valence-corrected chi connectivity index (χ4v) is 1.40. The Hall–Kier alpha value is -2.04. The molecule has 0 fully saturated rings. The molecule has 0 heterocycles. The maximum absolute atomic E-state index is 12.0. The second-order valence-corrected chi connectivity index (χ2v) is 5.02. The third-order valence-corrected chi connectivity index (χ3v) is 2.12. The summed E-state index contributed by atoms with van der Waals surface area (Å²) in [6.45, 7) is 7.19. The molecule has 0 spiro atoms. The zero-order chi connectivity index (χ0) is 13.9. The van der Waals surface area contributed by atoms with Gasteiger partial charge in [0.25, 0.3) is 0 Å². The van der Waals surface area contributed by atoms with Crippen molar-refractivity contribution in [3.63, 3.8) is 0 Å². The molecule has 18 heavy (non-hydrogen) atoms. The highest BCUT2D eigenvalue weighted by atomic mass is 16.6. The molecule has 5 nitrogen and oxygen atoms in total. The van der Waals surface area contributed by atoms with Crippen LogP contribution in [-0.2, 0) is 4.74 Å². The van der Waals surface area contributed by atoms with Gasteiger partial charge < -0.3 is 15.8 Å². The van der Waals surface area contributed by atoms with Gasteiger partial charge in [0.2, 0.25) is 0 Å². The summed E-state index contributed by atoms with van der Waals surface area (Å²) in [5.41, 5.74) is 6.12. The molecule has 0 saturated carbocycles. The number of hydrogen-bond donors (Lipinski definition) is 2. The topological polar surface area (TPSA) is 81.4 Å². The third kappa shape index (κ3) is 4.08. The lowest BCUT2D eigenvalue weighted by molar-refractivity contribution is 0.00688. The monoisotopic (exact) mass is 250 g/mol. The molecule has 0 saturated heterocycles. The predicted molar refractivity (Wildman–Crippen MR) is 69.6 cm³/mol. The van der Waals surface area contributed by atoms with Crippen molar-refractivity contribution in [3.8, 4) is 0 Å². The highest BCUT2D eigenvalue weighted by Gasteiger charge is 2.19. The number of ether oxygens (including phenoxy) is 1. The highest BCUT2D eigenvalue weighted by molar-refractivity contribution is 5.94. The molecule has 0 aliphatic rings. The van der Waals surface area contributed by atoms with Gasteiger partial charge in [0.05, 0.1) is 5.56 Å². The first-order chi connectivity index (χ1) is 8.19. The Labute approximate surface area is 106 Å². The number of nitrogens with one attached hydrogen (secondary N) is 1. The Bertz CT molecular complexity index is 476. The van der Waals surface area contributed by atoms with Crippen LogP contribution in [0.4, 0.5) is 10.5 Å². The van der Waals surface area contributed by atoms with Crippen molar-refractivity contribution in [2.45, 2.75) is 33.3 Å². The highest BCUT2D eigenvalue weighted by Crippen LogP contribution is 2.19. The minimum atomic E-state index is -0.672. The molecule has 2 amide bonds. The molecule has 1 aromatic carbocycles. The van der Waals surface area contributed by atoms with Gasteiger partial charge in [-0.25, -0.2) is 9.59 Å². The second kappa shape index (κ2) is 5.08. The van der Waals surface area contributed by atoms with Crippen LogP contribution in [0.25, 0.3) is 0 Å². The zero-order valence-electron chi connectivity index (χ0n) is 11.0. The number of carbonyl (C=O) groups excluding carboxylic acids is 2. The Morgan fingerprint density at radius 3 is 2.39 bits per heavy atom. The van der Waals surface area contributed by atoms with Gasteiger partial charge in [0, 0.05) is 5.69 Å². The van der Waals surface area contributed by atoms with Crippen LogP contribution >= 0.6 is 0 Å². The molecule has 3 N–H and O–H groups in total. The van der Waals surface area contributed by atoms with E-state index in [2.05, 4.69) is 5.32 Å². The minimum Gasteiger partial charge on any atom is -0.456 e. The Kier molecular flexibility index (Phi) is 3.96. The molecule has 0 atom stereocenters. The van der Waals surface area contributed by atoms with E-state index in [0.29, 0.717) is 11.3 Å². The van der Waals surface area contributed by atoms with Crippen LogP contribution in [0.5, 0.6) is 0 Å². The van der Waals surface area contributed by atoms with Gasteiger partial charge in [-0.1, -0.05) is 6.07 Å². The smallest absolute Gasteiger partial charge is 0.338 e. The normalized spacial score (nSPS) is 10.9.